The zero-order valence-electron chi connectivity index (χ0n) is 81.0. The summed E-state index contributed by atoms with van der Waals surface area (Å²) in [7, 11) is 1.58. The maximum absolute atomic E-state index is 13.5. The lowest BCUT2D eigenvalue weighted by molar-refractivity contribution is -0.131. The summed E-state index contributed by atoms with van der Waals surface area (Å²) in [6, 6.07) is 24.5. The molecule has 4 fully saturated rings. The van der Waals surface area contributed by atoms with E-state index in [2.05, 4.69) is 129 Å². The fraction of sp³-hybridized carbons (Fsp3) is 0.551. The van der Waals surface area contributed by atoms with Gasteiger partial charge in [0.25, 0.3) is 0 Å². The van der Waals surface area contributed by atoms with Gasteiger partial charge in [-0.2, -0.15) is 0 Å². The summed E-state index contributed by atoms with van der Waals surface area (Å²) in [6.45, 7) is 33.3. The molecule has 0 bridgehead atoms. The number of Topliss-reactive ketones (excluding diaryl/α,β-unsaturated/α-hetero) is 3. The Morgan fingerprint density at radius 3 is 0.838 bits per heavy atom. The third-order valence-corrected chi connectivity index (χ3v) is 30.4. The van der Waals surface area contributed by atoms with Crippen LogP contribution in [0.25, 0.3) is 40.9 Å². The molecule has 0 spiro atoms. The summed E-state index contributed by atoms with van der Waals surface area (Å²) in [4.78, 5) is 169. The maximum atomic E-state index is 13.5. The van der Waals surface area contributed by atoms with Crippen LogP contribution in [-0.4, -0.2) is 174 Å². The van der Waals surface area contributed by atoms with E-state index in [-0.39, 0.29) is 144 Å². The molecular weight excluding hydrogens is 1800 g/mol. The molecule has 4 aliphatic heterocycles. The third kappa shape index (κ3) is 35.9. The highest BCUT2D eigenvalue weighted by Gasteiger charge is 2.36. The van der Waals surface area contributed by atoms with Gasteiger partial charge in [0.1, 0.15) is 17.3 Å². The van der Waals surface area contributed by atoms with Gasteiger partial charge in [0.15, 0.2) is 23.1 Å². The second-order valence-corrected chi connectivity index (χ2v) is 40.6. The molecule has 5 N–H and O–H groups in total. The first-order valence-corrected chi connectivity index (χ1v) is 52.4. The zero-order valence-corrected chi connectivity index (χ0v) is 84.3. The summed E-state index contributed by atoms with van der Waals surface area (Å²) in [6.07, 6.45) is 23.6. The average Bonchev–Trinajstić information content (AvgIpc) is 1.69. The number of aromatic nitrogens is 4. The van der Waals surface area contributed by atoms with Crippen molar-refractivity contribution in [1.82, 2.24) is 46.5 Å². The highest BCUT2D eigenvalue weighted by Crippen LogP contribution is 2.35. The minimum atomic E-state index is -0.538. The highest BCUT2D eigenvalue weighted by molar-refractivity contribution is 7.19. The van der Waals surface area contributed by atoms with Crippen molar-refractivity contribution >= 4 is 156 Å². The monoisotopic (exact) mass is 1940 g/mol. The van der Waals surface area contributed by atoms with E-state index >= 15 is 0 Å². The van der Waals surface area contributed by atoms with Crippen LogP contribution in [-0.2, 0) is 128 Å². The number of carbonyl (C=O) groups excluding carboxylic acids is 12. The first-order chi connectivity index (χ1) is 65.7. The van der Waals surface area contributed by atoms with Gasteiger partial charge in [-0.25, -0.2) is 19.9 Å². The Morgan fingerprint density at radius 2 is 0.610 bits per heavy atom. The Balaban J connectivity index is 0.000000203. The number of thiazole rings is 4. The number of nitrogens with zero attached hydrogens (tertiary/aromatic N) is 4. The Morgan fingerprint density at radius 1 is 0.360 bits per heavy atom. The molecule has 8 heterocycles. The number of carbonyl (C=O) groups is 12. The van der Waals surface area contributed by atoms with Crippen LogP contribution >= 0.6 is 45.3 Å². The Hall–Kier alpha value is -9.72. The quantitative estimate of drug-likeness (QED) is 0.0221. The summed E-state index contributed by atoms with van der Waals surface area (Å²) in [5.74, 6) is -1.64. The molecule has 12 rings (SSSR count). The van der Waals surface area contributed by atoms with E-state index in [0.717, 1.165) is 144 Å². The van der Waals surface area contributed by atoms with Gasteiger partial charge < -0.3 is 50.3 Å². The van der Waals surface area contributed by atoms with Crippen LogP contribution in [0, 0.1) is 47.3 Å². The molecular formula is C107H143N9O16S4. The van der Waals surface area contributed by atoms with E-state index in [1.165, 1.54) is 53.5 Å². The van der Waals surface area contributed by atoms with E-state index in [1.54, 1.807) is 52.4 Å². The van der Waals surface area contributed by atoms with Crippen LogP contribution in [0.2, 0.25) is 0 Å². The van der Waals surface area contributed by atoms with Crippen molar-refractivity contribution in [1.29, 1.82) is 0 Å². The predicted molar refractivity (Wildman–Crippen MR) is 543 cm³/mol. The number of rotatable bonds is 51. The number of allylic oxidation sites excluding steroid dienone is 4. The lowest BCUT2D eigenvalue weighted by Gasteiger charge is -2.32. The van der Waals surface area contributed by atoms with Crippen LogP contribution in [0.15, 0.2) is 123 Å². The molecule has 0 radical (unpaired) electrons. The molecule has 0 saturated carbocycles. The fourth-order valence-electron chi connectivity index (χ4n) is 17.9. The smallest absolute Gasteiger partial charge is 0.224 e. The van der Waals surface area contributed by atoms with Crippen molar-refractivity contribution in [3.8, 4) is 0 Å². The van der Waals surface area contributed by atoms with Crippen molar-refractivity contribution in [2.24, 2.45) is 47.3 Å². The van der Waals surface area contributed by atoms with Crippen LogP contribution in [0.4, 0.5) is 0 Å². The van der Waals surface area contributed by atoms with Gasteiger partial charge in [-0.1, -0.05) is 92.1 Å². The van der Waals surface area contributed by atoms with Crippen molar-refractivity contribution in [3.05, 3.63) is 166 Å². The molecule has 4 aromatic heterocycles. The van der Waals surface area contributed by atoms with Crippen molar-refractivity contribution < 1.29 is 76.5 Å². The summed E-state index contributed by atoms with van der Waals surface area (Å²) < 4.78 is 26.4. The predicted octanol–water partition coefficient (Wildman–Crippen LogP) is 18.1. The first kappa shape index (κ1) is 110. The van der Waals surface area contributed by atoms with Crippen LogP contribution < -0.4 is 26.6 Å². The highest BCUT2D eigenvalue weighted by atomic mass is 32.1. The van der Waals surface area contributed by atoms with Gasteiger partial charge in [0, 0.05) is 174 Å². The summed E-state index contributed by atoms with van der Waals surface area (Å²) in [5.41, 5.74) is 8.72. The van der Waals surface area contributed by atoms with Gasteiger partial charge in [-0.15, -0.1) is 45.3 Å². The number of benzene rings is 4. The number of fused-ring (bicyclic) bond motifs is 4. The van der Waals surface area contributed by atoms with Gasteiger partial charge >= 0.3 is 0 Å². The van der Waals surface area contributed by atoms with Gasteiger partial charge in [0.05, 0.1) is 84.6 Å². The van der Waals surface area contributed by atoms with Crippen molar-refractivity contribution in [3.63, 3.8) is 0 Å². The van der Waals surface area contributed by atoms with Gasteiger partial charge in [0.2, 0.25) is 29.5 Å². The molecule has 736 valence electrons. The number of aryl methyl sites for hydroxylation is 4. The Labute approximate surface area is 818 Å². The van der Waals surface area contributed by atoms with E-state index in [0.29, 0.717) is 143 Å². The number of ketones is 7. The molecule has 8 aromatic rings. The molecule has 0 unspecified atom stereocenters. The largest absolute Gasteiger partial charge is 0.381 e. The van der Waals surface area contributed by atoms with Gasteiger partial charge in [-0.3, -0.25) is 52.7 Å². The third-order valence-electron chi connectivity index (χ3n) is 26.3. The molecule has 4 saturated heterocycles. The van der Waals surface area contributed by atoms with E-state index in [1.807, 2.05) is 38.1 Å². The molecule has 8 atom stereocenters. The molecule has 4 aliphatic rings. The van der Waals surface area contributed by atoms with Gasteiger partial charge in [-0.05, 0) is 235 Å². The molecule has 29 heteroatoms. The minimum absolute atomic E-state index is 0.0195. The number of nitrogens with one attached hydrogen (secondary N) is 5. The van der Waals surface area contributed by atoms with E-state index < -0.39 is 23.7 Å². The average molecular weight is 1940 g/mol. The number of amides is 5. The molecule has 25 nitrogen and oxygen atoms in total. The van der Waals surface area contributed by atoms with E-state index in [9.17, 15) is 57.5 Å². The lowest BCUT2D eigenvalue weighted by atomic mass is 9.87. The van der Waals surface area contributed by atoms with Crippen molar-refractivity contribution in [2.75, 3.05) is 59.9 Å². The first-order valence-electron chi connectivity index (χ1n) is 49.1. The molecule has 5 amide bonds. The van der Waals surface area contributed by atoms with Crippen molar-refractivity contribution in [2.45, 2.75) is 272 Å². The minimum Gasteiger partial charge on any atom is -0.381 e. The number of hydrogen-bond donors (Lipinski definition) is 5. The summed E-state index contributed by atoms with van der Waals surface area (Å²) in [5, 5.41) is 18.9. The lowest BCUT2D eigenvalue weighted by Crippen LogP contribution is -2.46. The normalized spacial score (nSPS) is 16.1. The van der Waals surface area contributed by atoms with E-state index in [4.69, 9.17) is 38.9 Å². The summed E-state index contributed by atoms with van der Waals surface area (Å²) >= 11 is 6.36. The topological polar surface area (TPSA) is 353 Å². The molecule has 136 heavy (non-hydrogen) atoms. The van der Waals surface area contributed by atoms with Crippen LogP contribution in [0.5, 0.6) is 0 Å². The maximum Gasteiger partial charge on any atom is 0.224 e. The molecule has 0 aliphatic carbocycles. The van der Waals surface area contributed by atoms with Crippen LogP contribution in [0.1, 0.15) is 238 Å². The second kappa shape index (κ2) is 58.2. The zero-order chi connectivity index (χ0) is 98.0. The second-order valence-electron chi connectivity index (χ2n) is 36.1. The van der Waals surface area contributed by atoms with Crippen LogP contribution in [0.3, 0.4) is 0 Å². The SMILES string of the molecule is C=CC(=O)CC[C@@H](NC(=O)[C@@H](CC(=O)CC)Cc1nc2ccc(CC)cc2s1)C1CCOCC1.C=CC(=O)CC[C@@H](NC(=O)[C@@H](CC(=O)CCC)Cc1nc2ccc(CC)cc2s1)C1CCOCC1.C=CC(=O)CC[C@@H](NC(=O)[C@@H](CC(=O)NC)Cc1nc2ccc(CC)cc2s1)C1CCOCC1.C=CC(=O)CC[C@@H](NC(=O)[C@@H](CC(C)=O)Cc1nc2ccc(CC)cc2s1)C1CCOCC1. The Bertz CT molecular complexity index is 5170. The Kier molecular flexibility index (Phi) is 47.1. The number of hydrogen-bond acceptors (Lipinski definition) is 24. The number of ether oxygens (including phenoxy) is 4. The molecule has 4 aromatic carbocycles. The fourth-order valence-corrected chi connectivity index (χ4v) is 22.3. The standard InChI is InChI=1S/C28H38N2O4S.C27H36N2O4S.C26H35N3O4S.C26H34N2O4S/c1-4-7-23(32)17-21(18-27-29-25-10-8-19(5-2)16-26(25)35-27)28(33)30-24(11-9-22(31)6-3)20-12-14-34-15-13-20;1-4-18-7-9-24-25(15-18)34-26(28-24)17-20(16-22(31)6-3)27(32)29-23(10-8-21(30)5-2)19-11-13-33-14-12-19;1-4-17-6-8-22-23(14-17)34-25(28-22)16-19(15-24(31)27-3)26(32)29-21(9-7-20(30)5-2)18-10-12-33-13-11-18;1-4-18-6-8-23-24(15-18)33-25(27-23)16-20(14-17(3)29)26(31)28-22(9-7-21(30)5-2)19-10-12-32-13-11-19/h6,8,10,16,20-21,24H,3-5,7,9,11-15,17-18H2,1-2H3,(H,30,33);5,7,9,15,19-20,23H,2,4,6,8,10-14,16-17H2,1,3H3,(H,29,32);5-6,8,14,18-19,21H,2,4,7,9-13,15-16H2,1,3H3,(H,27,31)(H,29,32);5-6,8,15,19-20,22H,2,4,7,9-14,16H2,1,3H3,(H,28,31)/t21-,24+;20-,23+;19-,21+;20-,22+/m0000/s1.